The zero-order chi connectivity index (χ0) is 27.2. The van der Waals surface area contributed by atoms with Crippen molar-refractivity contribution in [1.82, 2.24) is 4.57 Å². The summed E-state index contributed by atoms with van der Waals surface area (Å²) >= 11 is 0. The first-order valence-corrected chi connectivity index (χ1v) is 14.6. The number of carbonyl (C=O) groups excluding carboxylic acids is 3. The molecule has 2 fully saturated rings. The smallest absolute Gasteiger partial charge is 0.301 e. The van der Waals surface area contributed by atoms with E-state index in [1.54, 1.807) is 25.5 Å². The van der Waals surface area contributed by atoms with Gasteiger partial charge in [0.1, 0.15) is 15.7 Å². The lowest BCUT2D eigenvalue weighted by Gasteiger charge is -2.36. The van der Waals surface area contributed by atoms with E-state index in [2.05, 4.69) is 0 Å². The molecule has 0 aliphatic heterocycles. The van der Waals surface area contributed by atoms with Crippen molar-refractivity contribution in [3.05, 3.63) is 52.1 Å². The number of nitrogens with zero attached hydrogens (tertiary/aromatic N) is 2. The number of hydrogen-bond acceptors (Lipinski definition) is 5. The molecule has 0 saturated heterocycles. The number of sulfone groups is 1. The molecule has 1 heterocycles. The molecule has 1 aromatic carbocycles. The minimum absolute atomic E-state index is 0.114. The molecule has 0 spiro atoms. The molecule has 2 aliphatic rings. The molecule has 8 nitrogen and oxygen atoms in total. The Morgan fingerprint density at radius 2 is 1.70 bits per heavy atom. The van der Waals surface area contributed by atoms with Crippen LogP contribution < -0.4 is 10.6 Å². The fraction of sp³-hybridized carbons (Fsp3) is 0.519. The minimum atomic E-state index is -3.22. The van der Waals surface area contributed by atoms with E-state index < -0.39 is 44.5 Å². The third kappa shape index (κ3) is 5.35. The van der Waals surface area contributed by atoms with Gasteiger partial charge in [-0.15, -0.1) is 0 Å². The van der Waals surface area contributed by atoms with Crippen molar-refractivity contribution < 1.29 is 27.2 Å². The van der Waals surface area contributed by atoms with E-state index in [4.69, 9.17) is 5.73 Å². The number of primary amides is 1. The van der Waals surface area contributed by atoms with Gasteiger partial charge in [-0.05, 0) is 94.0 Å². The van der Waals surface area contributed by atoms with Crippen molar-refractivity contribution in [2.45, 2.75) is 70.1 Å². The average Bonchev–Trinajstić information content (AvgIpc) is 3.60. The van der Waals surface area contributed by atoms with Gasteiger partial charge in [-0.2, -0.15) is 0 Å². The summed E-state index contributed by atoms with van der Waals surface area (Å²) in [7, 11) is -1.56. The van der Waals surface area contributed by atoms with Crippen molar-refractivity contribution >= 4 is 33.1 Å². The fourth-order valence-corrected chi connectivity index (χ4v) is 6.72. The van der Waals surface area contributed by atoms with Crippen LogP contribution in [0.25, 0.3) is 0 Å². The molecule has 1 aromatic heterocycles. The maximum atomic E-state index is 14.1. The van der Waals surface area contributed by atoms with Crippen molar-refractivity contribution in [3.8, 4) is 0 Å². The van der Waals surface area contributed by atoms with Crippen LogP contribution in [0.2, 0.25) is 0 Å². The van der Waals surface area contributed by atoms with Crippen molar-refractivity contribution in [2.24, 2.45) is 18.7 Å². The molecule has 2 saturated carbocycles. The number of rotatable bonds is 8. The van der Waals surface area contributed by atoms with Crippen molar-refractivity contribution in [2.75, 3.05) is 11.2 Å². The first-order valence-electron chi connectivity index (χ1n) is 12.6. The number of carbonyl (C=O) groups is 3. The standard InChI is InChI=1S/C27H34FN3O5S/c1-15-13-19(9-12-21(15)28)31(18-7-10-20(11-8-18)37(4,35)36)27(34)25(32)24-16(2)23(26(29)33)22(30(24)3)14-17-5-6-17/h9,12-13,17-18,20H,5-8,10-11,14H2,1-4H3,(H2,29,33). The highest BCUT2D eigenvalue weighted by Crippen LogP contribution is 2.36. The first kappa shape index (κ1) is 27.0. The second-order valence-electron chi connectivity index (χ2n) is 10.6. The topological polar surface area (TPSA) is 120 Å². The van der Waals surface area contributed by atoms with Gasteiger partial charge in [0.25, 0.3) is 11.7 Å². The molecule has 2 amide bonds. The van der Waals surface area contributed by atoms with Gasteiger partial charge in [-0.3, -0.25) is 14.4 Å². The number of nitrogens with two attached hydrogens (primary N) is 1. The Labute approximate surface area is 216 Å². The SMILES string of the molecule is Cc1cc(N(C(=O)C(=O)c2c(C)c(C(N)=O)c(CC3CC3)n2C)C2CCC(S(C)(=O)=O)CC2)ccc1F. The summed E-state index contributed by atoms with van der Waals surface area (Å²) in [6, 6.07) is 3.81. The molecular formula is C27H34FN3O5S. The van der Waals surface area contributed by atoms with E-state index in [0.717, 1.165) is 12.8 Å². The van der Waals surface area contributed by atoms with Crippen LogP contribution in [0.4, 0.5) is 10.1 Å². The molecule has 2 aromatic rings. The van der Waals surface area contributed by atoms with Crippen LogP contribution in [0, 0.1) is 25.6 Å². The number of benzene rings is 1. The summed E-state index contributed by atoms with van der Waals surface area (Å²) in [5.41, 5.74) is 7.80. The summed E-state index contributed by atoms with van der Waals surface area (Å²) in [6.45, 7) is 3.20. The monoisotopic (exact) mass is 531 g/mol. The Hall–Kier alpha value is -3.01. The fourth-order valence-electron chi connectivity index (χ4n) is 5.59. The number of Topliss-reactive ketones (excluding diaryl/α,β-unsaturated/α-hetero) is 1. The van der Waals surface area contributed by atoms with Crippen molar-refractivity contribution in [1.29, 1.82) is 0 Å². The van der Waals surface area contributed by atoms with E-state index in [-0.39, 0.29) is 11.3 Å². The zero-order valence-electron chi connectivity index (χ0n) is 21.7. The van der Waals surface area contributed by atoms with E-state index in [1.165, 1.54) is 29.4 Å². The van der Waals surface area contributed by atoms with Gasteiger partial charge < -0.3 is 15.2 Å². The molecule has 0 radical (unpaired) electrons. The van der Waals surface area contributed by atoms with Crippen LogP contribution in [0.15, 0.2) is 18.2 Å². The summed E-state index contributed by atoms with van der Waals surface area (Å²) in [6.07, 6.45) is 5.40. The second kappa shape index (κ2) is 10.0. The Kier molecular flexibility index (Phi) is 7.34. The van der Waals surface area contributed by atoms with Crippen LogP contribution >= 0.6 is 0 Å². The Balaban J connectivity index is 1.73. The van der Waals surface area contributed by atoms with Gasteiger partial charge in [-0.1, -0.05) is 0 Å². The highest BCUT2D eigenvalue weighted by atomic mass is 32.2. The maximum absolute atomic E-state index is 14.1. The first-order chi connectivity index (χ1) is 17.3. The van der Waals surface area contributed by atoms with Gasteiger partial charge in [0.2, 0.25) is 0 Å². The predicted octanol–water partition coefficient (Wildman–Crippen LogP) is 3.40. The lowest BCUT2D eigenvalue weighted by molar-refractivity contribution is -0.115. The summed E-state index contributed by atoms with van der Waals surface area (Å²) < 4.78 is 39.8. The van der Waals surface area contributed by atoms with E-state index in [9.17, 15) is 27.2 Å². The Bertz CT molecular complexity index is 1370. The molecular weight excluding hydrogens is 497 g/mol. The van der Waals surface area contributed by atoms with Crippen LogP contribution in [0.3, 0.4) is 0 Å². The number of hydrogen-bond donors (Lipinski definition) is 1. The third-order valence-electron chi connectivity index (χ3n) is 7.85. The quantitative estimate of drug-likeness (QED) is 0.414. The predicted molar refractivity (Wildman–Crippen MR) is 139 cm³/mol. The largest absolute Gasteiger partial charge is 0.366 e. The number of amides is 2. The van der Waals surface area contributed by atoms with Crippen LogP contribution in [-0.2, 0) is 28.1 Å². The number of halogens is 1. The zero-order valence-corrected chi connectivity index (χ0v) is 22.5. The highest BCUT2D eigenvalue weighted by molar-refractivity contribution is 7.91. The molecule has 0 bridgehead atoms. The minimum Gasteiger partial charge on any atom is -0.366 e. The summed E-state index contributed by atoms with van der Waals surface area (Å²) in [5, 5.41) is -0.496. The molecule has 0 unspecified atom stereocenters. The molecule has 4 rings (SSSR count). The second-order valence-corrected chi connectivity index (χ2v) is 12.9. The molecule has 200 valence electrons. The molecule has 10 heteroatoms. The number of aromatic nitrogens is 1. The van der Waals surface area contributed by atoms with Gasteiger partial charge in [0.05, 0.1) is 16.5 Å². The van der Waals surface area contributed by atoms with Crippen LogP contribution in [-0.4, -0.2) is 48.1 Å². The molecule has 2 aliphatic carbocycles. The van der Waals surface area contributed by atoms with Crippen LogP contribution in [0.1, 0.15) is 76.2 Å². The molecule has 2 N–H and O–H groups in total. The van der Waals surface area contributed by atoms with Gasteiger partial charge in [0, 0.05) is 30.7 Å². The van der Waals surface area contributed by atoms with E-state index >= 15 is 0 Å². The van der Waals surface area contributed by atoms with Crippen molar-refractivity contribution in [3.63, 3.8) is 0 Å². The molecule has 0 atom stereocenters. The van der Waals surface area contributed by atoms with Gasteiger partial charge >= 0.3 is 5.91 Å². The van der Waals surface area contributed by atoms with Gasteiger partial charge in [0.15, 0.2) is 0 Å². The average molecular weight is 532 g/mol. The van der Waals surface area contributed by atoms with E-state index in [1.807, 2.05) is 0 Å². The summed E-state index contributed by atoms with van der Waals surface area (Å²) in [4.78, 5) is 41.3. The Morgan fingerprint density at radius 3 is 2.22 bits per heavy atom. The Morgan fingerprint density at radius 1 is 1.08 bits per heavy atom. The summed E-state index contributed by atoms with van der Waals surface area (Å²) in [5.74, 6) is -2.23. The number of ketones is 1. The molecule has 37 heavy (non-hydrogen) atoms. The van der Waals surface area contributed by atoms with Crippen LogP contribution in [0.5, 0.6) is 0 Å². The lowest BCUT2D eigenvalue weighted by atomic mass is 9.92. The number of anilines is 1. The van der Waals surface area contributed by atoms with Gasteiger partial charge in [-0.25, -0.2) is 12.8 Å². The van der Waals surface area contributed by atoms with E-state index in [0.29, 0.717) is 60.5 Å². The lowest BCUT2D eigenvalue weighted by Crippen LogP contribution is -2.47. The normalized spacial score (nSPS) is 20.0. The number of aryl methyl sites for hydroxylation is 1. The maximum Gasteiger partial charge on any atom is 0.301 e. The third-order valence-corrected chi connectivity index (χ3v) is 9.53. The highest BCUT2D eigenvalue weighted by Gasteiger charge is 2.38.